The molecule has 2 aromatic carbocycles. The van der Waals surface area contributed by atoms with Gasteiger partial charge in [-0.15, -0.1) is 0 Å². The predicted octanol–water partition coefficient (Wildman–Crippen LogP) is 4.30. The molecular formula is C18H12BrF2N3O2. The van der Waals surface area contributed by atoms with Crippen molar-refractivity contribution in [3.8, 4) is 11.4 Å². The average molecular weight is 420 g/mol. The number of hydrogen-bond acceptors (Lipinski definition) is 4. The predicted molar refractivity (Wildman–Crippen MR) is 93.5 cm³/mol. The first-order valence-electron chi connectivity index (χ1n) is 7.86. The van der Waals surface area contributed by atoms with Crippen LogP contribution in [-0.4, -0.2) is 22.6 Å². The summed E-state index contributed by atoms with van der Waals surface area (Å²) in [5, 5.41) is 3.92. The van der Waals surface area contributed by atoms with Crippen LogP contribution in [0.4, 0.5) is 14.5 Å². The lowest BCUT2D eigenvalue weighted by atomic mass is 10.1. The van der Waals surface area contributed by atoms with E-state index in [2.05, 4.69) is 26.1 Å². The number of aromatic nitrogens is 2. The first kappa shape index (κ1) is 16.8. The summed E-state index contributed by atoms with van der Waals surface area (Å²) >= 11 is 3.12. The zero-order valence-corrected chi connectivity index (χ0v) is 14.9. The minimum atomic E-state index is -0.402. The Bertz CT molecular complexity index is 992. The van der Waals surface area contributed by atoms with Crippen molar-refractivity contribution in [2.24, 2.45) is 0 Å². The van der Waals surface area contributed by atoms with Gasteiger partial charge in [-0.1, -0.05) is 11.2 Å². The largest absolute Gasteiger partial charge is 0.339 e. The van der Waals surface area contributed by atoms with Crippen LogP contribution in [0.5, 0.6) is 0 Å². The minimum Gasteiger partial charge on any atom is -0.339 e. The third-order valence-corrected chi connectivity index (χ3v) is 4.82. The Morgan fingerprint density at radius 2 is 2.04 bits per heavy atom. The molecule has 1 atom stereocenters. The Hall–Kier alpha value is -2.61. The molecule has 3 aromatic rings. The fraction of sp³-hybridized carbons (Fsp3) is 0.167. The first-order chi connectivity index (χ1) is 12.5. The molecule has 1 aliphatic heterocycles. The molecule has 1 saturated heterocycles. The van der Waals surface area contributed by atoms with Crippen LogP contribution in [0.3, 0.4) is 0 Å². The molecule has 132 valence electrons. The van der Waals surface area contributed by atoms with Crippen LogP contribution >= 0.6 is 15.9 Å². The number of carbonyl (C=O) groups excluding carboxylic acids is 1. The zero-order valence-electron chi connectivity index (χ0n) is 13.3. The van der Waals surface area contributed by atoms with E-state index in [-0.39, 0.29) is 24.1 Å². The fourth-order valence-electron chi connectivity index (χ4n) is 2.92. The molecule has 1 unspecified atom stereocenters. The van der Waals surface area contributed by atoms with E-state index in [1.165, 1.54) is 23.1 Å². The molecule has 2 heterocycles. The van der Waals surface area contributed by atoms with Gasteiger partial charge in [0.05, 0.1) is 10.4 Å². The van der Waals surface area contributed by atoms with Crippen molar-refractivity contribution in [3.05, 3.63) is 64.5 Å². The topological polar surface area (TPSA) is 59.2 Å². The van der Waals surface area contributed by atoms with E-state index in [4.69, 9.17) is 4.52 Å². The molecule has 0 N–H and O–H groups in total. The molecule has 26 heavy (non-hydrogen) atoms. The minimum absolute atomic E-state index is 0.134. The molecule has 1 aromatic heterocycles. The molecule has 5 nitrogen and oxygen atoms in total. The van der Waals surface area contributed by atoms with Crippen molar-refractivity contribution in [2.75, 3.05) is 11.4 Å². The first-order valence-corrected chi connectivity index (χ1v) is 8.65. The highest BCUT2D eigenvalue weighted by atomic mass is 79.9. The number of carbonyl (C=O) groups is 1. The molecule has 8 heteroatoms. The van der Waals surface area contributed by atoms with Crippen LogP contribution in [0, 0.1) is 11.6 Å². The van der Waals surface area contributed by atoms with Crippen molar-refractivity contribution >= 4 is 27.5 Å². The molecule has 0 spiro atoms. The van der Waals surface area contributed by atoms with E-state index in [0.29, 0.717) is 34.0 Å². The van der Waals surface area contributed by atoms with Crippen molar-refractivity contribution < 1.29 is 18.1 Å². The van der Waals surface area contributed by atoms with Gasteiger partial charge in [0.15, 0.2) is 0 Å². The maximum absolute atomic E-state index is 13.4. The Labute approximate surface area is 155 Å². The molecule has 1 amide bonds. The summed E-state index contributed by atoms with van der Waals surface area (Å²) in [7, 11) is 0. The number of nitrogens with zero attached hydrogens (tertiary/aromatic N) is 3. The SMILES string of the molecule is O=C1CC(c2nc(-c3ccc(F)c(Br)c3)no2)CN1c1cccc(F)c1. The summed E-state index contributed by atoms with van der Waals surface area (Å²) in [4.78, 5) is 18.1. The second-order valence-electron chi connectivity index (χ2n) is 5.97. The molecule has 0 saturated carbocycles. The number of amides is 1. The van der Waals surface area contributed by atoms with E-state index in [1.54, 1.807) is 24.3 Å². The zero-order chi connectivity index (χ0) is 18.3. The van der Waals surface area contributed by atoms with E-state index < -0.39 is 5.82 Å². The van der Waals surface area contributed by atoms with Crippen LogP contribution in [0.2, 0.25) is 0 Å². The van der Waals surface area contributed by atoms with Crippen LogP contribution in [0.25, 0.3) is 11.4 Å². The standard InChI is InChI=1S/C18H12BrF2N3O2/c19-14-6-10(4-5-15(14)21)17-22-18(26-23-17)11-7-16(25)24(9-11)13-3-1-2-12(20)8-13/h1-6,8,11H,7,9H2. The molecule has 0 aliphatic carbocycles. The van der Waals surface area contributed by atoms with Crippen molar-refractivity contribution in [3.63, 3.8) is 0 Å². The van der Waals surface area contributed by atoms with Gasteiger partial charge in [0.25, 0.3) is 0 Å². The summed E-state index contributed by atoms with van der Waals surface area (Å²) in [6, 6.07) is 10.3. The van der Waals surface area contributed by atoms with Gasteiger partial charge in [0, 0.05) is 24.2 Å². The summed E-state index contributed by atoms with van der Waals surface area (Å²) in [5.41, 5.74) is 1.10. The van der Waals surface area contributed by atoms with Gasteiger partial charge < -0.3 is 9.42 Å². The van der Waals surface area contributed by atoms with Crippen molar-refractivity contribution in [1.29, 1.82) is 0 Å². The number of rotatable bonds is 3. The third-order valence-electron chi connectivity index (χ3n) is 4.21. The highest BCUT2D eigenvalue weighted by Gasteiger charge is 2.35. The lowest BCUT2D eigenvalue weighted by molar-refractivity contribution is -0.117. The normalized spacial score (nSPS) is 17.1. The molecule has 0 bridgehead atoms. The van der Waals surface area contributed by atoms with Gasteiger partial charge >= 0.3 is 0 Å². The molecular weight excluding hydrogens is 408 g/mol. The summed E-state index contributed by atoms with van der Waals surface area (Å²) < 4.78 is 32.4. The number of halogens is 3. The van der Waals surface area contributed by atoms with Crippen LogP contribution in [0.1, 0.15) is 18.2 Å². The summed E-state index contributed by atoms with van der Waals surface area (Å²) in [6.07, 6.45) is 0.200. The van der Waals surface area contributed by atoms with E-state index in [0.717, 1.165) is 0 Å². The smallest absolute Gasteiger partial charge is 0.232 e. The fourth-order valence-corrected chi connectivity index (χ4v) is 3.30. The van der Waals surface area contributed by atoms with E-state index >= 15 is 0 Å². The Morgan fingerprint density at radius 1 is 1.19 bits per heavy atom. The lowest BCUT2D eigenvalue weighted by Gasteiger charge is -2.15. The quantitative estimate of drug-likeness (QED) is 0.634. The van der Waals surface area contributed by atoms with Gasteiger partial charge in [0.1, 0.15) is 11.6 Å². The Morgan fingerprint density at radius 3 is 2.81 bits per heavy atom. The number of hydrogen-bond donors (Lipinski definition) is 0. The van der Waals surface area contributed by atoms with Gasteiger partial charge in [-0.3, -0.25) is 4.79 Å². The Balaban J connectivity index is 1.57. The summed E-state index contributed by atoms with van der Waals surface area (Å²) in [5.74, 6) is -0.559. The number of benzene rings is 2. The van der Waals surface area contributed by atoms with Gasteiger partial charge in [0.2, 0.25) is 17.6 Å². The third kappa shape index (κ3) is 3.12. The summed E-state index contributed by atoms with van der Waals surface area (Å²) in [6.45, 7) is 0.330. The maximum Gasteiger partial charge on any atom is 0.232 e. The van der Waals surface area contributed by atoms with E-state index in [1.807, 2.05) is 0 Å². The van der Waals surface area contributed by atoms with Crippen molar-refractivity contribution in [2.45, 2.75) is 12.3 Å². The number of anilines is 1. The molecule has 1 fully saturated rings. The second kappa shape index (κ2) is 6.60. The highest BCUT2D eigenvalue weighted by Crippen LogP contribution is 2.32. The van der Waals surface area contributed by atoms with Gasteiger partial charge in [-0.25, -0.2) is 8.78 Å². The molecule has 0 radical (unpaired) electrons. The van der Waals surface area contributed by atoms with Crippen LogP contribution in [0.15, 0.2) is 51.5 Å². The van der Waals surface area contributed by atoms with Crippen molar-refractivity contribution in [1.82, 2.24) is 10.1 Å². The average Bonchev–Trinajstić information content (AvgIpc) is 3.24. The monoisotopic (exact) mass is 419 g/mol. The highest BCUT2D eigenvalue weighted by molar-refractivity contribution is 9.10. The second-order valence-corrected chi connectivity index (χ2v) is 6.82. The van der Waals surface area contributed by atoms with Crippen LogP contribution in [-0.2, 0) is 4.79 Å². The van der Waals surface area contributed by atoms with Crippen LogP contribution < -0.4 is 4.90 Å². The lowest BCUT2D eigenvalue weighted by Crippen LogP contribution is -2.24. The Kier molecular flexibility index (Phi) is 4.28. The van der Waals surface area contributed by atoms with E-state index in [9.17, 15) is 13.6 Å². The van der Waals surface area contributed by atoms with Gasteiger partial charge in [-0.2, -0.15) is 4.98 Å². The maximum atomic E-state index is 13.4. The molecule has 4 rings (SSSR count). The molecule has 1 aliphatic rings. The van der Waals surface area contributed by atoms with Gasteiger partial charge in [-0.05, 0) is 52.3 Å².